The first-order valence-corrected chi connectivity index (χ1v) is 16.6. The lowest BCUT2D eigenvalue weighted by Gasteiger charge is -2.63. The molecule has 5 aliphatic rings. The summed E-state index contributed by atoms with van der Waals surface area (Å²) in [5.41, 5.74) is -5.00. The predicted octanol–water partition coefficient (Wildman–Crippen LogP) is 5.70. The Hall–Kier alpha value is -2.89. The summed E-state index contributed by atoms with van der Waals surface area (Å²) >= 11 is 1.60. The number of allylic oxidation sites excluding steroid dienone is 4. The molecule has 1 heterocycles. The van der Waals surface area contributed by atoms with E-state index < -0.39 is 76.3 Å². The maximum Gasteiger partial charge on any atom is 0.193 e. The number of carbonyl (C=O) groups excluding carboxylic acids is 2. The lowest BCUT2D eigenvalue weighted by Crippen LogP contribution is -2.71. The first kappa shape index (κ1) is 31.7. The number of halogens is 2. The molecule has 7 nitrogen and oxygen atoms in total. The summed E-state index contributed by atoms with van der Waals surface area (Å²) in [5.74, 6) is -4.00. The standard InChI is InChI=1S/C36H39F2NO6S/c1-32-14-13-22(41)15-27(32)28(37)16-26-25-17-31-36(30(43)19-40,33(25,2)18-29(42)35(26,32)38)45-34(3,44-31)20-5-9-23(10-6-20)46-24-11-7-21(39-4)8-12-24/h5-15,25-26,28-29,31,39-40,42H,16-19H2,1-4H3/t25-,26-,28-,29-,31+,32-,33-,34-,35-,36+/m0/s1. The van der Waals surface area contributed by atoms with Gasteiger partial charge in [-0.2, -0.15) is 0 Å². The number of ether oxygens (including phenoxy) is 2. The molecule has 7 rings (SSSR count). The Kier molecular flexibility index (Phi) is 7.27. The van der Waals surface area contributed by atoms with Crippen LogP contribution in [-0.4, -0.2) is 65.1 Å². The maximum atomic E-state index is 17.6. The Balaban J connectivity index is 1.22. The molecule has 2 aromatic carbocycles. The molecule has 46 heavy (non-hydrogen) atoms. The van der Waals surface area contributed by atoms with Gasteiger partial charge in [-0.1, -0.05) is 36.9 Å². The second-order valence-electron chi connectivity index (χ2n) is 14.0. The number of alkyl halides is 2. The van der Waals surface area contributed by atoms with Crippen molar-refractivity contribution in [1.82, 2.24) is 0 Å². The molecule has 0 spiro atoms. The minimum atomic E-state index is -2.30. The summed E-state index contributed by atoms with van der Waals surface area (Å²) in [6.45, 7) is 4.22. The van der Waals surface area contributed by atoms with Crippen LogP contribution < -0.4 is 5.32 Å². The van der Waals surface area contributed by atoms with E-state index in [2.05, 4.69) is 5.32 Å². The fourth-order valence-corrected chi connectivity index (χ4v) is 10.4. The number of hydrogen-bond donors (Lipinski definition) is 3. The second kappa shape index (κ2) is 10.6. The fraction of sp³-hybridized carbons (Fsp3) is 0.500. The summed E-state index contributed by atoms with van der Waals surface area (Å²) in [5, 5.41) is 25.1. The molecule has 4 fully saturated rings. The molecule has 0 unspecified atom stereocenters. The lowest BCUT2D eigenvalue weighted by molar-refractivity contribution is -0.256. The van der Waals surface area contributed by atoms with Gasteiger partial charge in [-0.15, -0.1) is 0 Å². The van der Waals surface area contributed by atoms with Crippen LogP contribution in [-0.2, 0) is 24.8 Å². The van der Waals surface area contributed by atoms with E-state index in [-0.39, 0.29) is 24.8 Å². The third-order valence-corrected chi connectivity index (χ3v) is 12.8. The molecule has 2 aromatic rings. The van der Waals surface area contributed by atoms with Gasteiger partial charge in [0.15, 0.2) is 28.6 Å². The van der Waals surface area contributed by atoms with E-state index in [4.69, 9.17) is 9.47 Å². The molecule has 4 aliphatic carbocycles. The highest BCUT2D eigenvalue weighted by Crippen LogP contribution is 2.73. The Labute approximate surface area is 271 Å². The van der Waals surface area contributed by atoms with Crippen molar-refractivity contribution in [3.05, 3.63) is 77.9 Å². The SMILES string of the molecule is CNc1ccc(Sc2ccc([C@@]3(C)O[C@@H]4C[C@H]5[C@@H]6C[C@H](F)C7=CC(=O)C=C[C@]7(C)[C@@]6(F)[C@@H](O)C[C@]5(C)[C@]4(C(=O)CO)O3)cc2)cc1. The summed E-state index contributed by atoms with van der Waals surface area (Å²) in [7, 11) is 1.87. The van der Waals surface area contributed by atoms with Crippen molar-refractivity contribution in [1.29, 1.82) is 0 Å². The molecular weight excluding hydrogens is 612 g/mol. The molecule has 1 aliphatic heterocycles. The van der Waals surface area contributed by atoms with Crippen molar-refractivity contribution in [2.75, 3.05) is 19.0 Å². The van der Waals surface area contributed by atoms with Crippen LogP contribution in [0.5, 0.6) is 0 Å². The minimum absolute atomic E-state index is 0.0393. The second-order valence-corrected chi connectivity index (χ2v) is 15.1. The highest BCUT2D eigenvalue weighted by molar-refractivity contribution is 7.99. The summed E-state index contributed by atoms with van der Waals surface area (Å²) in [6, 6.07) is 15.7. The molecule has 244 valence electrons. The van der Waals surface area contributed by atoms with Gasteiger partial charge < -0.3 is 25.0 Å². The van der Waals surface area contributed by atoms with Gasteiger partial charge >= 0.3 is 0 Å². The van der Waals surface area contributed by atoms with Crippen molar-refractivity contribution in [2.24, 2.45) is 22.7 Å². The normalized spacial score (nSPS) is 42.5. The number of aliphatic hydroxyl groups is 2. The molecule has 0 amide bonds. The number of hydrogen-bond acceptors (Lipinski definition) is 8. The van der Waals surface area contributed by atoms with Crippen molar-refractivity contribution in [3.8, 4) is 0 Å². The molecule has 3 N–H and O–H groups in total. The number of anilines is 1. The number of Topliss-reactive ketones (excluding diaryl/α,β-unsaturated/α-hetero) is 1. The molecule has 1 saturated heterocycles. The Morgan fingerprint density at radius 3 is 2.33 bits per heavy atom. The molecule has 10 heteroatoms. The average molecular weight is 652 g/mol. The maximum absolute atomic E-state index is 17.6. The number of benzene rings is 2. The molecule has 0 aromatic heterocycles. The van der Waals surface area contributed by atoms with E-state index in [0.717, 1.165) is 21.6 Å². The average Bonchev–Trinajstić information content (AvgIpc) is 3.48. The largest absolute Gasteiger partial charge is 0.390 e. The van der Waals surface area contributed by atoms with Crippen molar-refractivity contribution >= 4 is 29.0 Å². The van der Waals surface area contributed by atoms with Crippen molar-refractivity contribution in [2.45, 2.75) is 85.3 Å². The quantitative estimate of drug-likeness (QED) is 0.366. The topological polar surface area (TPSA) is 105 Å². The number of aliphatic hydroxyl groups excluding tert-OH is 2. The number of nitrogens with one attached hydrogen (secondary N) is 1. The number of ketones is 2. The van der Waals surface area contributed by atoms with Crippen molar-refractivity contribution in [3.63, 3.8) is 0 Å². The molecule has 0 radical (unpaired) electrons. The fourth-order valence-electron chi connectivity index (χ4n) is 9.55. The van der Waals surface area contributed by atoms with Gasteiger partial charge in [0.1, 0.15) is 12.8 Å². The predicted molar refractivity (Wildman–Crippen MR) is 169 cm³/mol. The highest BCUT2D eigenvalue weighted by atomic mass is 32.2. The van der Waals surface area contributed by atoms with Gasteiger partial charge in [0.25, 0.3) is 0 Å². The first-order chi connectivity index (χ1) is 21.8. The zero-order chi connectivity index (χ0) is 32.9. The molecular formula is C36H39F2NO6S. The van der Waals surface area contributed by atoms with E-state index in [1.54, 1.807) is 32.5 Å². The van der Waals surface area contributed by atoms with E-state index in [1.807, 2.05) is 55.6 Å². The van der Waals surface area contributed by atoms with Crippen LogP contribution in [0.4, 0.5) is 14.5 Å². The van der Waals surface area contributed by atoms with Crippen LogP contribution in [0.15, 0.2) is 82.1 Å². The summed E-state index contributed by atoms with van der Waals surface area (Å²) in [4.78, 5) is 28.1. The van der Waals surface area contributed by atoms with Crippen molar-refractivity contribution < 1.29 is 38.1 Å². The van der Waals surface area contributed by atoms with E-state index in [9.17, 15) is 19.8 Å². The number of carbonyl (C=O) groups is 2. The van der Waals surface area contributed by atoms with Gasteiger partial charge in [-0.25, -0.2) is 8.78 Å². The smallest absolute Gasteiger partial charge is 0.193 e. The third kappa shape index (κ3) is 4.09. The van der Waals surface area contributed by atoms with Crippen LogP contribution in [0.1, 0.15) is 45.6 Å². The zero-order valence-electron chi connectivity index (χ0n) is 26.3. The summed E-state index contributed by atoms with van der Waals surface area (Å²) in [6.07, 6.45) is -0.522. The van der Waals surface area contributed by atoms with Gasteiger partial charge in [0.05, 0.1) is 12.2 Å². The number of rotatable bonds is 6. The Morgan fingerprint density at radius 2 is 1.70 bits per heavy atom. The van der Waals surface area contributed by atoms with Gasteiger partial charge in [0, 0.05) is 44.8 Å². The van der Waals surface area contributed by atoms with Crippen LogP contribution in [0.2, 0.25) is 0 Å². The monoisotopic (exact) mass is 651 g/mol. The zero-order valence-corrected chi connectivity index (χ0v) is 27.1. The van der Waals surface area contributed by atoms with E-state index >= 15 is 8.78 Å². The first-order valence-electron chi connectivity index (χ1n) is 15.8. The van der Waals surface area contributed by atoms with Gasteiger partial charge in [0.2, 0.25) is 0 Å². The summed E-state index contributed by atoms with van der Waals surface area (Å²) < 4.78 is 46.9. The third-order valence-electron chi connectivity index (χ3n) is 11.8. The van der Waals surface area contributed by atoms with E-state index in [0.29, 0.717) is 5.56 Å². The van der Waals surface area contributed by atoms with Crippen LogP contribution in [0, 0.1) is 22.7 Å². The lowest BCUT2D eigenvalue weighted by atomic mass is 9.44. The highest BCUT2D eigenvalue weighted by Gasteiger charge is 2.81. The molecule has 3 saturated carbocycles. The van der Waals surface area contributed by atoms with Crippen LogP contribution >= 0.6 is 11.8 Å². The van der Waals surface area contributed by atoms with Crippen LogP contribution in [0.25, 0.3) is 0 Å². The van der Waals surface area contributed by atoms with Gasteiger partial charge in [-0.3, -0.25) is 9.59 Å². The Bertz CT molecular complexity index is 1650. The van der Waals surface area contributed by atoms with E-state index in [1.165, 1.54) is 12.2 Å². The minimum Gasteiger partial charge on any atom is -0.390 e. The Morgan fingerprint density at radius 1 is 1.04 bits per heavy atom. The number of fused-ring (bicyclic) bond motifs is 7. The molecule has 10 atom stereocenters. The molecule has 0 bridgehead atoms. The van der Waals surface area contributed by atoms with Crippen LogP contribution in [0.3, 0.4) is 0 Å². The van der Waals surface area contributed by atoms with Gasteiger partial charge in [-0.05, 0) is 93.2 Å².